The van der Waals surface area contributed by atoms with Gasteiger partial charge >= 0.3 is 0 Å². The Bertz CT molecular complexity index is 541. The number of imidazole rings is 1. The van der Waals surface area contributed by atoms with Crippen molar-refractivity contribution in [3.63, 3.8) is 0 Å². The third-order valence-corrected chi connectivity index (χ3v) is 3.58. The highest BCUT2D eigenvalue weighted by Crippen LogP contribution is 2.47. The Morgan fingerprint density at radius 1 is 1.33 bits per heavy atom. The van der Waals surface area contributed by atoms with E-state index in [-0.39, 0.29) is 5.41 Å². The van der Waals surface area contributed by atoms with Crippen molar-refractivity contribution in [1.29, 1.82) is 0 Å². The molecule has 1 fully saturated rings. The first-order chi connectivity index (χ1) is 7.08. The van der Waals surface area contributed by atoms with E-state index in [2.05, 4.69) is 11.9 Å². The van der Waals surface area contributed by atoms with Gasteiger partial charge in [-0.3, -0.25) is 0 Å². The monoisotopic (exact) mass is 240 g/mol. The normalized spacial score (nSPS) is 18.3. The Hall–Kier alpha value is -0.730. The van der Waals surface area contributed by atoms with Crippen LogP contribution in [-0.4, -0.2) is 9.38 Å². The van der Waals surface area contributed by atoms with Crippen LogP contribution in [0.5, 0.6) is 0 Å². The lowest BCUT2D eigenvalue weighted by molar-refractivity contribution is 0.759. The molecule has 15 heavy (non-hydrogen) atoms. The second kappa shape index (κ2) is 2.89. The number of halogens is 2. The zero-order chi connectivity index (χ0) is 10.6. The van der Waals surface area contributed by atoms with Gasteiger partial charge in [0.05, 0.1) is 15.7 Å². The first-order valence-electron chi connectivity index (χ1n) is 4.93. The highest BCUT2D eigenvalue weighted by molar-refractivity contribution is 6.36. The lowest BCUT2D eigenvalue weighted by atomic mass is 10.1. The summed E-state index contributed by atoms with van der Waals surface area (Å²) >= 11 is 12.0. The fourth-order valence-electron chi connectivity index (χ4n) is 1.76. The predicted molar refractivity (Wildman–Crippen MR) is 61.8 cm³/mol. The van der Waals surface area contributed by atoms with E-state index in [1.54, 1.807) is 6.07 Å². The van der Waals surface area contributed by atoms with Gasteiger partial charge in [0.1, 0.15) is 0 Å². The first-order valence-corrected chi connectivity index (χ1v) is 5.68. The summed E-state index contributed by atoms with van der Waals surface area (Å²) in [4.78, 5) is 4.56. The molecule has 0 atom stereocenters. The Morgan fingerprint density at radius 2 is 2.07 bits per heavy atom. The SMILES string of the molecule is CC1(c2cn3cc(Cl)cc(Cl)c3n2)CC1. The molecule has 0 aromatic carbocycles. The van der Waals surface area contributed by atoms with E-state index in [0.717, 1.165) is 11.3 Å². The summed E-state index contributed by atoms with van der Waals surface area (Å²) < 4.78 is 1.91. The number of nitrogens with zero attached hydrogens (tertiary/aromatic N) is 2. The topological polar surface area (TPSA) is 17.3 Å². The van der Waals surface area contributed by atoms with Gasteiger partial charge in [0, 0.05) is 17.8 Å². The molecule has 2 nitrogen and oxygen atoms in total. The summed E-state index contributed by atoms with van der Waals surface area (Å²) in [6.45, 7) is 2.23. The van der Waals surface area contributed by atoms with Crippen molar-refractivity contribution < 1.29 is 0 Å². The molecule has 0 bridgehead atoms. The van der Waals surface area contributed by atoms with E-state index in [1.807, 2.05) is 16.8 Å². The number of hydrogen-bond acceptors (Lipinski definition) is 1. The van der Waals surface area contributed by atoms with Crippen LogP contribution < -0.4 is 0 Å². The third kappa shape index (κ3) is 1.44. The molecule has 1 aliphatic rings. The molecule has 4 heteroatoms. The Labute approximate surface area is 97.8 Å². The molecule has 0 aliphatic heterocycles. The summed E-state index contributed by atoms with van der Waals surface area (Å²) in [5.74, 6) is 0. The van der Waals surface area contributed by atoms with Crippen molar-refractivity contribution in [3.05, 3.63) is 34.2 Å². The molecule has 1 saturated carbocycles. The van der Waals surface area contributed by atoms with E-state index in [4.69, 9.17) is 23.2 Å². The number of aromatic nitrogens is 2. The van der Waals surface area contributed by atoms with E-state index in [1.165, 1.54) is 12.8 Å². The van der Waals surface area contributed by atoms with Crippen LogP contribution in [0.25, 0.3) is 5.65 Å². The maximum atomic E-state index is 6.08. The van der Waals surface area contributed by atoms with Gasteiger partial charge in [-0.1, -0.05) is 30.1 Å². The summed E-state index contributed by atoms with van der Waals surface area (Å²) in [7, 11) is 0. The van der Waals surface area contributed by atoms with Crippen molar-refractivity contribution >= 4 is 28.8 Å². The Balaban J connectivity index is 2.25. The summed E-state index contributed by atoms with van der Waals surface area (Å²) in [6.07, 6.45) is 6.29. The maximum absolute atomic E-state index is 6.08. The molecular weight excluding hydrogens is 231 g/mol. The first kappa shape index (κ1) is 9.49. The highest BCUT2D eigenvalue weighted by Gasteiger charge is 2.41. The summed E-state index contributed by atoms with van der Waals surface area (Å²) in [6, 6.07) is 1.73. The van der Waals surface area contributed by atoms with Gasteiger partial charge in [0.15, 0.2) is 5.65 Å². The van der Waals surface area contributed by atoms with Gasteiger partial charge in [0.2, 0.25) is 0 Å². The van der Waals surface area contributed by atoms with E-state index in [0.29, 0.717) is 10.0 Å². The molecule has 2 aromatic heterocycles. The zero-order valence-corrected chi connectivity index (χ0v) is 9.81. The average Bonchev–Trinajstić information content (AvgIpc) is 2.77. The van der Waals surface area contributed by atoms with Gasteiger partial charge < -0.3 is 4.40 Å². The molecule has 0 spiro atoms. The zero-order valence-electron chi connectivity index (χ0n) is 8.30. The molecular formula is C11H10Cl2N2. The molecule has 0 N–H and O–H groups in total. The smallest absolute Gasteiger partial charge is 0.155 e. The quantitative estimate of drug-likeness (QED) is 0.744. The summed E-state index contributed by atoms with van der Waals surface area (Å²) in [5, 5.41) is 1.25. The Morgan fingerprint density at radius 3 is 2.73 bits per heavy atom. The van der Waals surface area contributed by atoms with Gasteiger partial charge in [-0.05, 0) is 18.9 Å². The number of fused-ring (bicyclic) bond motifs is 1. The lowest BCUT2D eigenvalue weighted by Gasteiger charge is -1.99. The largest absolute Gasteiger partial charge is 0.304 e. The van der Waals surface area contributed by atoms with Crippen molar-refractivity contribution in [2.45, 2.75) is 25.2 Å². The molecule has 0 unspecified atom stereocenters. The van der Waals surface area contributed by atoms with Crippen molar-refractivity contribution in [1.82, 2.24) is 9.38 Å². The van der Waals surface area contributed by atoms with Crippen LogP contribution >= 0.6 is 23.2 Å². The predicted octanol–water partition coefficient (Wildman–Crippen LogP) is 3.69. The van der Waals surface area contributed by atoms with Crippen LogP contribution in [0.1, 0.15) is 25.5 Å². The van der Waals surface area contributed by atoms with E-state index >= 15 is 0 Å². The van der Waals surface area contributed by atoms with Crippen LogP contribution in [0.3, 0.4) is 0 Å². The second-order valence-corrected chi connectivity index (χ2v) is 5.27. The fraction of sp³-hybridized carbons (Fsp3) is 0.364. The number of hydrogen-bond donors (Lipinski definition) is 0. The Kier molecular flexibility index (Phi) is 1.83. The molecule has 2 aromatic rings. The van der Waals surface area contributed by atoms with Crippen LogP contribution in [0.4, 0.5) is 0 Å². The lowest BCUT2D eigenvalue weighted by Crippen LogP contribution is -1.98. The van der Waals surface area contributed by atoms with Gasteiger partial charge in [-0.2, -0.15) is 0 Å². The standard InChI is InChI=1S/C11H10Cl2N2/c1-11(2-3-11)9-6-15-5-7(12)4-8(13)10(15)14-9/h4-6H,2-3H2,1H3. The van der Waals surface area contributed by atoms with E-state index < -0.39 is 0 Å². The molecule has 0 radical (unpaired) electrons. The fourth-order valence-corrected chi connectivity index (χ4v) is 2.29. The maximum Gasteiger partial charge on any atom is 0.155 e. The van der Waals surface area contributed by atoms with Gasteiger partial charge in [-0.15, -0.1) is 0 Å². The molecule has 3 rings (SSSR count). The highest BCUT2D eigenvalue weighted by atomic mass is 35.5. The minimum Gasteiger partial charge on any atom is -0.304 e. The van der Waals surface area contributed by atoms with Crippen molar-refractivity contribution in [2.24, 2.45) is 0 Å². The molecule has 0 saturated heterocycles. The van der Waals surface area contributed by atoms with Gasteiger partial charge in [-0.25, -0.2) is 4.98 Å². The minimum atomic E-state index is 0.266. The number of rotatable bonds is 1. The molecule has 78 valence electrons. The second-order valence-electron chi connectivity index (χ2n) is 4.42. The van der Waals surface area contributed by atoms with Crippen molar-refractivity contribution in [2.75, 3.05) is 0 Å². The molecule has 2 heterocycles. The van der Waals surface area contributed by atoms with Gasteiger partial charge in [0.25, 0.3) is 0 Å². The summed E-state index contributed by atoms with van der Waals surface area (Å²) in [5.41, 5.74) is 2.18. The average molecular weight is 241 g/mol. The van der Waals surface area contributed by atoms with Crippen LogP contribution in [0.2, 0.25) is 10.0 Å². The van der Waals surface area contributed by atoms with Crippen LogP contribution in [0, 0.1) is 0 Å². The third-order valence-electron chi connectivity index (χ3n) is 3.09. The van der Waals surface area contributed by atoms with E-state index in [9.17, 15) is 0 Å². The molecule has 1 aliphatic carbocycles. The number of pyridine rings is 1. The molecule has 0 amide bonds. The minimum absolute atomic E-state index is 0.266. The van der Waals surface area contributed by atoms with Crippen molar-refractivity contribution in [3.8, 4) is 0 Å². The van der Waals surface area contributed by atoms with Crippen LogP contribution in [0.15, 0.2) is 18.5 Å². The van der Waals surface area contributed by atoms with Crippen LogP contribution in [-0.2, 0) is 5.41 Å².